The van der Waals surface area contributed by atoms with Crippen LogP contribution in [0.5, 0.6) is 5.75 Å². The zero-order valence-electron chi connectivity index (χ0n) is 15.7. The first-order valence-electron chi connectivity index (χ1n) is 7.94. The van der Waals surface area contributed by atoms with Crippen molar-refractivity contribution in [3.05, 3.63) is 29.3 Å². The fourth-order valence-electron chi connectivity index (χ4n) is 2.97. The minimum Gasteiger partial charge on any atom is -0.496 e. The van der Waals surface area contributed by atoms with E-state index < -0.39 is 10.8 Å². The molecule has 1 aromatic carbocycles. The molecule has 0 aliphatic carbocycles. The van der Waals surface area contributed by atoms with Crippen LogP contribution >= 0.6 is 0 Å². The second-order valence-corrected chi connectivity index (χ2v) is 6.73. The maximum atomic E-state index is 12.5. The topological polar surface area (TPSA) is 61.8 Å². The Morgan fingerprint density at radius 2 is 1.67 bits per heavy atom. The number of rotatable bonds is 7. The third-order valence-electron chi connectivity index (χ3n) is 5.08. The molecule has 1 atom stereocenters. The van der Waals surface area contributed by atoms with E-state index in [2.05, 4.69) is 0 Å². The highest BCUT2D eigenvalue weighted by atomic mass is 16.5. The summed E-state index contributed by atoms with van der Waals surface area (Å²) in [5.41, 5.74) is 0.391. The summed E-state index contributed by atoms with van der Waals surface area (Å²) in [6, 6.07) is 5.84. The predicted molar refractivity (Wildman–Crippen MR) is 92.1 cm³/mol. The first kappa shape index (κ1) is 20.0. The zero-order chi connectivity index (χ0) is 18.5. The molecule has 0 aliphatic rings. The Hall–Kier alpha value is -2.04. The van der Waals surface area contributed by atoms with Crippen molar-refractivity contribution in [2.75, 3.05) is 21.3 Å². The number of hydrogen-bond donors (Lipinski definition) is 0. The minimum absolute atomic E-state index is 0.199. The molecule has 0 heterocycles. The fraction of sp³-hybridized carbons (Fsp3) is 0.579. The van der Waals surface area contributed by atoms with Crippen molar-refractivity contribution in [1.82, 2.24) is 0 Å². The highest BCUT2D eigenvalue weighted by Crippen LogP contribution is 2.49. The molecule has 24 heavy (non-hydrogen) atoms. The predicted octanol–water partition coefficient (Wildman–Crippen LogP) is 3.41. The van der Waals surface area contributed by atoms with Crippen LogP contribution in [0, 0.1) is 12.3 Å². The third-order valence-corrected chi connectivity index (χ3v) is 5.08. The lowest BCUT2D eigenvalue weighted by Crippen LogP contribution is -2.46. The Morgan fingerprint density at radius 1 is 1.04 bits per heavy atom. The number of esters is 2. The number of methoxy groups -OCH3 is 3. The van der Waals surface area contributed by atoms with Crippen LogP contribution < -0.4 is 4.74 Å². The van der Waals surface area contributed by atoms with E-state index in [1.54, 1.807) is 7.11 Å². The maximum absolute atomic E-state index is 12.5. The Morgan fingerprint density at radius 3 is 2.17 bits per heavy atom. The van der Waals surface area contributed by atoms with Crippen LogP contribution in [-0.4, -0.2) is 33.3 Å². The van der Waals surface area contributed by atoms with Crippen molar-refractivity contribution < 1.29 is 23.8 Å². The van der Waals surface area contributed by atoms with E-state index in [9.17, 15) is 9.59 Å². The van der Waals surface area contributed by atoms with Gasteiger partial charge in [0.2, 0.25) is 0 Å². The Labute approximate surface area is 144 Å². The molecule has 1 rings (SSSR count). The molecular weight excluding hydrogens is 308 g/mol. The molecule has 0 N–H and O–H groups in total. The molecule has 0 radical (unpaired) electrons. The lowest BCUT2D eigenvalue weighted by Gasteiger charge is -2.43. The van der Waals surface area contributed by atoms with Crippen LogP contribution in [0.1, 0.15) is 44.7 Å². The molecule has 0 spiro atoms. The Balaban J connectivity index is 3.51. The molecule has 0 aliphatic heterocycles. The lowest BCUT2D eigenvalue weighted by atomic mass is 9.60. The van der Waals surface area contributed by atoms with E-state index >= 15 is 0 Å². The van der Waals surface area contributed by atoms with Crippen molar-refractivity contribution in [2.24, 2.45) is 5.41 Å². The summed E-state index contributed by atoms with van der Waals surface area (Å²) in [5.74, 6) is 0.0388. The smallest absolute Gasteiger partial charge is 0.312 e. The third kappa shape index (κ3) is 3.71. The number of carbonyl (C=O) groups excluding carboxylic acids is 2. The monoisotopic (exact) mass is 336 g/mol. The highest BCUT2D eigenvalue weighted by molar-refractivity contribution is 5.79. The number of aryl methyl sites for hydroxylation is 1. The van der Waals surface area contributed by atoms with Gasteiger partial charge in [0.05, 0.1) is 26.7 Å². The van der Waals surface area contributed by atoms with E-state index in [1.165, 1.54) is 14.2 Å². The second-order valence-electron chi connectivity index (χ2n) is 6.73. The van der Waals surface area contributed by atoms with Gasteiger partial charge in [-0.25, -0.2) is 0 Å². The van der Waals surface area contributed by atoms with Gasteiger partial charge in [-0.15, -0.1) is 0 Å². The van der Waals surface area contributed by atoms with E-state index in [0.29, 0.717) is 12.2 Å². The van der Waals surface area contributed by atoms with Gasteiger partial charge in [0.15, 0.2) is 0 Å². The van der Waals surface area contributed by atoms with Gasteiger partial charge in [-0.2, -0.15) is 0 Å². The molecule has 134 valence electrons. The number of benzene rings is 1. The largest absolute Gasteiger partial charge is 0.496 e. The van der Waals surface area contributed by atoms with Crippen molar-refractivity contribution in [1.29, 1.82) is 0 Å². The van der Waals surface area contributed by atoms with Gasteiger partial charge in [-0.3, -0.25) is 9.59 Å². The maximum Gasteiger partial charge on any atom is 0.312 e. The molecule has 1 unspecified atom stereocenters. The Bertz CT molecular complexity index is 606. The average molecular weight is 336 g/mol. The van der Waals surface area contributed by atoms with Gasteiger partial charge >= 0.3 is 11.9 Å². The minimum atomic E-state index is -0.864. The van der Waals surface area contributed by atoms with Gasteiger partial charge in [0, 0.05) is 17.4 Å². The summed E-state index contributed by atoms with van der Waals surface area (Å²) in [5, 5.41) is 0. The molecule has 5 nitrogen and oxygen atoms in total. The summed E-state index contributed by atoms with van der Waals surface area (Å²) in [4.78, 5) is 24.2. The summed E-state index contributed by atoms with van der Waals surface area (Å²) < 4.78 is 15.3. The average Bonchev–Trinajstić information content (AvgIpc) is 2.57. The molecule has 0 saturated carbocycles. The van der Waals surface area contributed by atoms with Crippen molar-refractivity contribution in [3.8, 4) is 5.75 Å². The van der Waals surface area contributed by atoms with E-state index in [4.69, 9.17) is 14.2 Å². The SMILES string of the molecule is COC(=O)CCC(C)(c1cc(C)ccc1OC)C(C)(C)C(=O)OC. The van der Waals surface area contributed by atoms with Crippen LogP contribution in [0.4, 0.5) is 0 Å². The van der Waals surface area contributed by atoms with Gasteiger partial charge in [-0.05, 0) is 33.3 Å². The van der Waals surface area contributed by atoms with Gasteiger partial charge < -0.3 is 14.2 Å². The van der Waals surface area contributed by atoms with E-state index in [-0.39, 0.29) is 18.4 Å². The fourth-order valence-corrected chi connectivity index (χ4v) is 2.97. The molecule has 0 saturated heterocycles. The normalized spacial score (nSPS) is 13.8. The molecule has 0 bridgehead atoms. The van der Waals surface area contributed by atoms with Crippen LogP contribution in [0.25, 0.3) is 0 Å². The van der Waals surface area contributed by atoms with Crippen LogP contribution in [0.15, 0.2) is 18.2 Å². The summed E-state index contributed by atoms with van der Waals surface area (Å²) >= 11 is 0. The first-order valence-corrected chi connectivity index (χ1v) is 7.94. The van der Waals surface area contributed by atoms with Gasteiger partial charge in [0.25, 0.3) is 0 Å². The summed E-state index contributed by atoms with van der Waals surface area (Å²) in [6.45, 7) is 7.61. The number of ether oxygens (including phenoxy) is 3. The number of hydrogen-bond acceptors (Lipinski definition) is 5. The summed E-state index contributed by atoms with van der Waals surface area (Å²) in [7, 11) is 4.33. The molecule has 5 heteroatoms. The van der Waals surface area contributed by atoms with E-state index in [1.807, 2.05) is 45.9 Å². The van der Waals surface area contributed by atoms with Crippen molar-refractivity contribution >= 4 is 11.9 Å². The van der Waals surface area contributed by atoms with Crippen molar-refractivity contribution in [3.63, 3.8) is 0 Å². The van der Waals surface area contributed by atoms with Gasteiger partial charge in [0.1, 0.15) is 5.75 Å². The zero-order valence-corrected chi connectivity index (χ0v) is 15.7. The van der Waals surface area contributed by atoms with Crippen molar-refractivity contribution in [2.45, 2.75) is 46.0 Å². The highest BCUT2D eigenvalue weighted by Gasteiger charge is 2.49. The quantitative estimate of drug-likeness (QED) is 0.714. The van der Waals surface area contributed by atoms with Gasteiger partial charge in [-0.1, -0.05) is 24.6 Å². The number of carbonyl (C=O) groups is 2. The van der Waals surface area contributed by atoms with Crippen LogP contribution in [-0.2, 0) is 24.5 Å². The molecule has 1 aromatic rings. The molecule has 0 aromatic heterocycles. The first-order chi connectivity index (χ1) is 11.1. The molecule has 0 amide bonds. The standard InChI is InChI=1S/C19H28O5/c1-13-8-9-15(22-5)14(12-13)19(4,11-10-16(20)23-6)18(2,3)17(21)24-7/h8-9,12H,10-11H2,1-7H3. The van der Waals surface area contributed by atoms with Crippen LogP contribution in [0.2, 0.25) is 0 Å². The second kappa shape index (κ2) is 7.69. The molecule has 0 fully saturated rings. The van der Waals surface area contributed by atoms with E-state index in [0.717, 1.165) is 11.1 Å². The van der Waals surface area contributed by atoms with Crippen LogP contribution in [0.3, 0.4) is 0 Å². The lowest BCUT2D eigenvalue weighted by molar-refractivity contribution is -0.156. The molecular formula is C19H28O5. The Kier molecular flexibility index (Phi) is 6.41. The summed E-state index contributed by atoms with van der Waals surface area (Å²) in [6.07, 6.45) is 0.631.